The van der Waals surface area contributed by atoms with E-state index in [4.69, 9.17) is 28.4 Å². The minimum absolute atomic E-state index is 0.249. The zero-order valence-corrected chi connectivity index (χ0v) is 23.0. The van der Waals surface area contributed by atoms with Crippen molar-refractivity contribution in [2.24, 2.45) is 0 Å². The first kappa shape index (κ1) is 30.9. The van der Waals surface area contributed by atoms with Gasteiger partial charge in [0, 0.05) is 26.4 Å². The molecule has 35 heavy (non-hydrogen) atoms. The Morgan fingerprint density at radius 1 is 0.686 bits per heavy atom. The van der Waals surface area contributed by atoms with Gasteiger partial charge >= 0.3 is 0 Å². The van der Waals surface area contributed by atoms with Crippen LogP contribution in [0, 0.1) is 0 Å². The molecular weight excluding hydrogens is 448 g/mol. The van der Waals surface area contributed by atoms with Crippen molar-refractivity contribution < 1.29 is 33.5 Å². The van der Waals surface area contributed by atoms with Crippen molar-refractivity contribution >= 4 is 0 Å². The Balaban J connectivity index is 2.25. The number of ether oxygens (including phenoxy) is 6. The maximum Gasteiger partial charge on any atom is 0.187 e. The minimum Gasteiger partial charge on any atom is -0.390 e. The second-order valence-corrected chi connectivity index (χ2v) is 10.1. The van der Waals surface area contributed by atoms with Crippen LogP contribution in [0.2, 0.25) is 0 Å². The molecular formula is C28H54O7. The van der Waals surface area contributed by atoms with Gasteiger partial charge in [0.05, 0.1) is 18.8 Å². The van der Waals surface area contributed by atoms with Crippen molar-refractivity contribution in [3.05, 3.63) is 0 Å². The molecule has 1 N–H and O–H groups in total. The molecule has 0 aromatic heterocycles. The molecule has 7 heteroatoms. The van der Waals surface area contributed by atoms with Crippen LogP contribution < -0.4 is 0 Å². The average Bonchev–Trinajstić information content (AvgIpc) is 2.86. The van der Waals surface area contributed by atoms with E-state index in [2.05, 4.69) is 27.7 Å². The van der Waals surface area contributed by atoms with Crippen LogP contribution in [0.1, 0.15) is 105 Å². The largest absolute Gasteiger partial charge is 0.390 e. The van der Waals surface area contributed by atoms with Crippen molar-refractivity contribution in [1.29, 1.82) is 0 Å². The maximum atomic E-state index is 10.6. The first-order valence-electron chi connectivity index (χ1n) is 14.6. The molecule has 0 aromatic rings. The summed E-state index contributed by atoms with van der Waals surface area (Å²) in [4.78, 5) is 0. The van der Waals surface area contributed by atoms with Crippen LogP contribution in [0.3, 0.4) is 0 Å². The monoisotopic (exact) mass is 502 g/mol. The fourth-order valence-corrected chi connectivity index (χ4v) is 4.63. The van der Waals surface area contributed by atoms with Crippen LogP contribution in [0.25, 0.3) is 0 Å². The summed E-state index contributed by atoms with van der Waals surface area (Å²) < 4.78 is 38.3. The van der Waals surface area contributed by atoms with E-state index in [1.165, 1.54) is 0 Å². The summed E-state index contributed by atoms with van der Waals surface area (Å²) in [6.07, 6.45) is 9.21. The zero-order valence-electron chi connectivity index (χ0n) is 23.0. The van der Waals surface area contributed by atoms with Crippen molar-refractivity contribution in [2.45, 2.75) is 148 Å². The second kappa shape index (κ2) is 18.9. The molecule has 1 heterocycles. The third kappa shape index (κ3) is 10.9. The lowest BCUT2D eigenvalue weighted by Gasteiger charge is -2.47. The van der Waals surface area contributed by atoms with Crippen molar-refractivity contribution in [3.8, 4) is 0 Å². The molecule has 0 spiro atoms. The van der Waals surface area contributed by atoms with E-state index in [1.54, 1.807) is 0 Å². The van der Waals surface area contributed by atoms with E-state index >= 15 is 0 Å². The molecule has 2 aliphatic rings. The van der Waals surface area contributed by atoms with Crippen LogP contribution in [0.4, 0.5) is 0 Å². The van der Waals surface area contributed by atoms with Gasteiger partial charge in [0.1, 0.15) is 24.4 Å². The third-order valence-corrected chi connectivity index (χ3v) is 6.92. The van der Waals surface area contributed by atoms with Gasteiger partial charge < -0.3 is 33.5 Å². The molecule has 0 bridgehead atoms. The lowest BCUT2D eigenvalue weighted by atomic mass is 9.94. The van der Waals surface area contributed by atoms with Crippen LogP contribution in [0.5, 0.6) is 0 Å². The Morgan fingerprint density at radius 3 is 1.83 bits per heavy atom. The quantitative estimate of drug-likeness (QED) is 0.237. The van der Waals surface area contributed by atoms with Crippen LogP contribution in [-0.2, 0) is 28.4 Å². The summed E-state index contributed by atoms with van der Waals surface area (Å²) in [6, 6.07) is 0. The molecule has 0 radical (unpaired) electrons. The molecule has 7 nitrogen and oxygen atoms in total. The highest BCUT2D eigenvalue weighted by atomic mass is 16.7. The number of aliphatic hydroxyl groups is 1. The predicted octanol–water partition coefficient (Wildman–Crippen LogP) is 5.40. The Morgan fingerprint density at radius 2 is 1.23 bits per heavy atom. The summed E-state index contributed by atoms with van der Waals surface area (Å²) in [5.74, 6) is 0. The minimum atomic E-state index is -0.623. The number of aliphatic hydroxyl groups excluding tert-OH is 1. The topological polar surface area (TPSA) is 75.6 Å². The van der Waals surface area contributed by atoms with Crippen molar-refractivity contribution in [1.82, 2.24) is 0 Å². The van der Waals surface area contributed by atoms with Gasteiger partial charge in [0.25, 0.3) is 0 Å². The molecule has 5 unspecified atom stereocenters. The molecule has 7 atom stereocenters. The normalized spacial score (nSPS) is 31.6. The molecule has 1 saturated carbocycles. The van der Waals surface area contributed by atoms with E-state index in [0.717, 1.165) is 77.0 Å². The number of rotatable bonds is 19. The highest BCUT2D eigenvalue weighted by Gasteiger charge is 2.50. The third-order valence-electron chi connectivity index (χ3n) is 6.92. The average molecular weight is 503 g/mol. The van der Waals surface area contributed by atoms with Gasteiger partial charge in [-0.25, -0.2) is 0 Å². The van der Waals surface area contributed by atoms with Crippen LogP contribution in [-0.4, -0.2) is 81.1 Å². The number of hydrogen-bond donors (Lipinski definition) is 1. The fraction of sp³-hybridized carbons (Fsp3) is 1.00. The Hall–Kier alpha value is -0.280. The van der Waals surface area contributed by atoms with Gasteiger partial charge in [0.15, 0.2) is 6.29 Å². The lowest BCUT2D eigenvalue weighted by Crippen LogP contribution is -2.63. The predicted molar refractivity (Wildman–Crippen MR) is 138 cm³/mol. The maximum absolute atomic E-state index is 10.6. The van der Waals surface area contributed by atoms with Crippen molar-refractivity contribution in [2.75, 3.05) is 33.0 Å². The highest BCUT2D eigenvalue weighted by Crippen LogP contribution is 2.33. The summed E-state index contributed by atoms with van der Waals surface area (Å²) in [7, 11) is 0. The zero-order chi connectivity index (χ0) is 25.3. The first-order chi connectivity index (χ1) is 17.2. The van der Waals surface area contributed by atoms with Gasteiger partial charge in [-0.2, -0.15) is 0 Å². The van der Waals surface area contributed by atoms with Gasteiger partial charge in [-0.05, 0) is 38.5 Å². The van der Waals surface area contributed by atoms with Crippen molar-refractivity contribution in [3.63, 3.8) is 0 Å². The summed E-state index contributed by atoms with van der Waals surface area (Å²) in [5.41, 5.74) is 0. The number of unbranched alkanes of at least 4 members (excludes halogenated alkanes) is 4. The molecule has 2 fully saturated rings. The Kier molecular flexibility index (Phi) is 16.7. The van der Waals surface area contributed by atoms with Gasteiger partial charge in [-0.15, -0.1) is 0 Å². The van der Waals surface area contributed by atoms with E-state index in [-0.39, 0.29) is 24.4 Å². The second-order valence-electron chi connectivity index (χ2n) is 10.1. The molecule has 208 valence electrons. The lowest BCUT2D eigenvalue weighted by molar-refractivity contribution is -0.337. The van der Waals surface area contributed by atoms with E-state index in [1.807, 2.05) is 0 Å². The summed E-state index contributed by atoms with van der Waals surface area (Å²) in [6.45, 7) is 11.7. The van der Waals surface area contributed by atoms with Crippen LogP contribution >= 0.6 is 0 Å². The Bertz CT molecular complexity index is 506. The van der Waals surface area contributed by atoms with E-state index < -0.39 is 18.5 Å². The Labute approximate surface area is 214 Å². The summed E-state index contributed by atoms with van der Waals surface area (Å²) in [5, 5.41) is 10.6. The highest BCUT2D eigenvalue weighted by molar-refractivity contribution is 4.94. The standard InChI is InChI=1S/C28H54O7/c1-5-9-17-30-21-24-25(31-18-10-6-2)26(32-19-11-7-3)27(33-20-12-8-4)28(35-24)34-23-16-14-13-15-22(23)29/h22-29H,5-21H2,1-4H3/t22-,23-,24?,25?,26?,27?,28?/m0/s1. The van der Waals surface area contributed by atoms with E-state index in [0.29, 0.717) is 33.0 Å². The van der Waals surface area contributed by atoms with E-state index in [9.17, 15) is 5.11 Å². The summed E-state index contributed by atoms with van der Waals surface area (Å²) >= 11 is 0. The molecule has 1 saturated heterocycles. The first-order valence-corrected chi connectivity index (χ1v) is 14.6. The van der Waals surface area contributed by atoms with Gasteiger partial charge in [-0.3, -0.25) is 0 Å². The smallest absolute Gasteiger partial charge is 0.187 e. The molecule has 0 amide bonds. The molecule has 0 aromatic carbocycles. The van der Waals surface area contributed by atoms with Crippen LogP contribution in [0.15, 0.2) is 0 Å². The SMILES string of the molecule is CCCCOCC1OC(O[C@H]2CCCC[C@@H]2O)C(OCCCC)C(OCCCC)C1OCCCC. The molecule has 2 rings (SSSR count). The van der Waals surface area contributed by atoms with Gasteiger partial charge in [-0.1, -0.05) is 66.2 Å². The molecule has 1 aliphatic carbocycles. The fourth-order valence-electron chi connectivity index (χ4n) is 4.63. The molecule has 1 aliphatic heterocycles. The number of hydrogen-bond acceptors (Lipinski definition) is 7. The van der Waals surface area contributed by atoms with Gasteiger partial charge in [0.2, 0.25) is 0 Å².